The lowest BCUT2D eigenvalue weighted by molar-refractivity contribution is -2.00. The van der Waals surface area contributed by atoms with Gasteiger partial charge in [-0.05, 0) is 35.7 Å². The normalized spacial score (nSPS) is 10.9. The van der Waals surface area contributed by atoms with Crippen molar-refractivity contribution >= 4 is 11.5 Å². The molecular weight excluding hydrogens is 364 g/mol. The van der Waals surface area contributed by atoms with Crippen LogP contribution in [0.2, 0.25) is 0 Å². The van der Waals surface area contributed by atoms with Crippen molar-refractivity contribution in [3.8, 4) is 22.0 Å². The first-order chi connectivity index (χ1) is 11.9. The van der Waals surface area contributed by atoms with Crippen LogP contribution in [0.25, 0.3) is 22.0 Å². The van der Waals surface area contributed by atoms with Crippen LogP contribution in [-0.4, -0.2) is 4.98 Å². The Morgan fingerprint density at radius 3 is 1.84 bits per heavy atom. The Morgan fingerprint density at radius 2 is 1.36 bits per heavy atom. The standard InChI is InChI=1S/C17H17N2S.ClHO4/c1-2-13-19-16(14-9-5-3-6-10-14)18-17(20-19)15-11-7-4-8-12-15;2-1(3,4)5/h3-12H,2,13H2,1H3;(H,2,3,4,5)/q+1;/p-1. The van der Waals surface area contributed by atoms with E-state index in [-0.39, 0.29) is 0 Å². The van der Waals surface area contributed by atoms with E-state index in [4.69, 9.17) is 23.6 Å². The van der Waals surface area contributed by atoms with Gasteiger partial charge in [0.15, 0.2) is 0 Å². The van der Waals surface area contributed by atoms with Crippen LogP contribution >= 0.6 is 11.5 Å². The second-order valence-electron chi connectivity index (χ2n) is 5.04. The first kappa shape index (κ1) is 19.5. The van der Waals surface area contributed by atoms with Gasteiger partial charge in [0.05, 0.1) is 17.1 Å². The third kappa shape index (κ3) is 6.50. The second kappa shape index (κ2) is 9.00. The van der Waals surface area contributed by atoms with Crippen LogP contribution < -0.4 is 22.6 Å². The van der Waals surface area contributed by atoms with Crippen molar-refractivity contribution in [2.75, 3.05) is 0 Å². The zero-order chi connectivity index (χ0) is 18.3. The third-order valence-electron chi connectivity index (χ3n) is 3.12. The van der Waals surface area contributed by atoms with Gasteiger partial charge in [0.2, 0.25) is 0 Å². The van der Waals surface area contributed by atoms with Gasteiger partial charge in [-0.2, -0.15) is 3.96 Å². The van der Waals surface area contributed by atoms with Crippen LogP contribution in [0.4, 0.5) is 0 Å². The van der Waals surface area contributed by atoms with Crippen molar-refractivity contribution < 1.29 is 32.8 Å². The molecule has 0 aliphatic heterocycles. The molecule has 8 heteroatoms. The summed E-state index contributed by atoms with van der Waals surface area (Å²) in [4.78, 5) is 4.85. The zero-order valence-electron chi connectivity index (χ0n) is 13.5. The first-order valence-electron chi connectivity index (χ1n) is 7.52. The summed E-state index contributed by atoms with van der Waals surface area (Å²) in [5.74, 6) is 1.07. The summed E-state index contributed by atoms with van der Waals surface area (Å²) in [6.07, 6.45) is 1.11. The monoisotopic (exact) mass is 380 g/mol. The Kier molecular flexibility index (Phi) is 7.01. The van der Waals surface area contributed by atoms with E-state index in [1.807, 2.05) is 12.1 Å². The lowest BCUT2D eigenvalue weighted by Crippen LogP contribution is -2.68. The number of rotatable bonds is 4. The molecule has 0 atom stereocenters. The molecule has 0 aliphatic carbocycles. The highest BCUT2D eigenvalue weighted by atomic mass is 35.7. The predicted octanol–water partition coefficient (Wildman–Crippen LogP) is -0.581. The van der Waals surface area contributed by atoms with Gasteiger partial charge >= 0.3 is 5.82 Å². The van der Waals surface area contributed by atoms with Gasteiger partial charge in [-0.1, -0.05) is 43.3 Å². The quantitative estimate of drug-likeness (QED) is 0.562. The lowest BCUT2D eigenvalue weighted by atomic mass is 10.2. The van der Waals surface area contributed by atoms with E-state index in [0.29, 0.717) is 0 Å². The molecule has 0 saturated heterocycles. The summed E-state index contributed by atoms with van der Waals surface area (Å²) in [6, 6.07) is 20.8. The van der Waals surface area contributed by atoms with E-state index >= 15 is 0 Å². The van der Waals surface area contributed by atoms with E-state index in [0.717, 1.165) is 23.8 Å². The number of aromatic nitrogens is 2. The predicted molar refractivity (Wildman–Crippen MR) is 83.5 cm³/mol. The summed E-state index contributed by atoms with van der Waals surface area (Å²) >= 11 is 1.74. The molecule has 0 saturated carbocycles. The van der Waals surface area contributed by atoms with Crippen molar-refractivity contribution in [1.82, 2.24) is 4.98 Å². The molecule has 1 heterocycles. The molecule has 0 bridgehead atoms. The maximum Gasteiger partial charge on any atom is 0.343 e. The number of aryl methyl sites for hydroxylation is 1. The van der Waals surface area contributed by atoms with Crippen LogP contribution in [-0.2, 0) is 6.54 Å². The van der Waals surface area contributed by atoms with Crippen LogP contribution in [0.5, 0.6) is 0 Å². The van der Waals surface area contributed by atoms with Gasteiger partial charge in [-0.3, -0.25) is 0 Å². The molecular formula is C17H17ClN2O4S. The zero-order valence-corrected chi connectivity index (χ0v) is 15.1. The lowest BCUT2D eigenvalue weighted by Gasteiger charge is -2.17. The molecule has 0 fully saturated rings. The molecule has 1 aromatic heterocycles. The van der Waals surface area contributed by atoms with Gasteiger partial charge in [-0.15, -0.1) is 10.2 Å². The van der Waals surface area contributed by atoms with E-state index < -0.39 is 10.2 Å². The number of halogens is 1. The van der Waals surface area contributed by atoms with E-state index in [9.17, 15) is 0 Å². The molecule has 0 amide bonds. The van der Waals surface area contributed by atoms with Crippen molar-refractivity contribution in [2.45, 2.75) is 19.9 Å². The summed E-state index contributed by atoms with van der Waals surface area (Å²) in [6.45, 7) is 3.21. The Hall–Kier alpha value is -1.87. The van der Waals surface area contributed by atoms with Gasteiger partial charge in [0.1, 0.15) is 6.54 Å². The summed E-state index contributed by atoms with van der Waals surface area (Å²) in [5, 5.41) is 1.08. The number of hydrogen-bond donors (Lipinski definition) is 0. The molecule has 3 aromatic rings. The third-order valence-corrected chi connectivity index (χ3v) is 4.20. The maximum atomic E-state index is 8.49. The summed E-state index contributed by atoms with van der Waals surface area (Å²) in [5.41, 5.74) is 2.36. The largest absolute Gasteiger partial charge is 0.343 e. The van der Waals surface area contributed by atoms with Crippen LogP contribution in [0.1, 0.15) is 13.3 Å². The van der Waals surface area contributed by atoms with Crippen LogP contribution in [0.3, 0.4) is 0 Å². The van der Waals surface area contributed by atoms with Gasteiger partial charge in [0.25, 0.3) is 5.01 Å². The Balaban J connectivity index is 0.000000399. The molecule has 2 aromatic carbocycles. The molecule has 0 aliphatic rings. The fourth-order valence-corrected chi connectivity index (χ4v) is 3.25. The smallest absolute Gasteiger partial charge is 0.222 e. The van der Waals surface area contributed by atoms with E-state index in [1.54, 1.807) is 11.5 Å². The van der Waals surface area contributed by atoms with E-state index in [2.05, 4.69) is 59.4 Å². The highest BCUT2D eigenvalue weighted by Gasteiger charge is 2.22. The minimum absolute atomic E-state index is 1.01. The molecule has 6 nitrogen and oxygen atoms in total. The van der Waals surface area contributed by atoms with Crippen molar-refractivity contribution in [1.29, 1.82) is 0 Å². The fraction of sp³-hybridized carbons (Fsp3) is 0.176. The molecule has 0 unspecified atom stereocenters. The van der Waals surface area contributed by atoms with Gasteiger partial charge < -0.3 is 0 Å². The van der Waals surface area contributed by atoms with Crippen LogP contribution in [0.15, 0.2) is 60.7 Å². The summed E-state index contributed by atoms with van der Waals surface area (Å²) in [7, 11) is -4.94. The van der Waals surface area contributed by atoms with Crippen molar-refractivity contribution in [2.24, 2.45) is 0 Å². The molecule has 25 heavy (non-hydrogen) atoms. The molecule has 3 rings (SSSR count). The molecule has 0 N–H and O–H groups in total. The first-order valence-corrected chi connectivity index (χ1v) is 9.53. The van der Waals surface area contributed by atoms with Gasteiger partial charge in [-0.25, -0.2) is 18.6 Å². The van der Waals surface area contributed by atoms with Gasteiger partial charge in [0, 0.05) is 5.56 Å². The Labute approximate surface area is 152 Å². The SMILES string of the molecule is CCC[n+]1sc(-c2ccccc2)nc1-c1ccccc1.[O-][Cl+3]([O-])([O-])[O-]. The number of hydrogen-bond acceptors (Lipinski definition) is 6. The van der Waals surface area contributed by atoms with E-state index in [1.165, 1.54) is 11.1 Å². The Morgan fingerprint density at radius 1 is 0.880 bits per heavy atom. The molecule has 0 radical (unpaired) electrons. The molecule has 0 spiro atoms. The topological polar surface area (TPSA) is 109 Å². The van der Waals surface area contributed by atoms with Crippen LogP contribution in [0, 0.1) is 10.2 Å². The highest BCUT2D eigenvalue weighted by molar-refractivity contribution is 7.05. The average Bonchev–Trinajstić information content (AvgIpc) is 2.99. The van der Waals surface area contributed by atoms with Crippen molar-refractivity contribution in [3.05, 3.63) is 60.7 Å². The average molecular weight is 381 g/mol. The second-order valence-corrected chi connectivity index (χ2v) is 6.81. The Bertz CT molecular complexity index is 770. The number of nitrogens with zero attached hydrogens (tertiary/aromatic N) is 2. The maximum absolute atomic E-state index is 8.49. The number of benzene rings is 2. The highest BCUT2D eigenvalue weighted by Crippen LogP contribution is 2.24. The minimum atomic E-state index is -4.94. The molecule has 132 valence electrons. The van der Waals surface area contributed by atoms with Crippen molar-refractivity contribution in [3.63, 3.8) is 0 Å². The fourth-order valence-electron chi connectivity index (χ4n) is 2.17. The minimum Gasteiger partial charge on any atom is -0.222 e. The summed E-state index contributed by atoms with van der Waals surface area (Å²) < 4.78 is 36.3.